The maximum atomic E-state index is 12.6. The van der Waals surface area contributed by atoms with Crippen molar-refractivity contribution in [2.45, 2.75) is 6.42 Å². The van der Waals surface area contributed by atoms with Crippen LogP contribution in [-0.2, 0) is 6.42 Å². The lowest BCUT2D eigenvalue weighted by Gasteiger charge is -1.99. The molecule has 0 aliphatic heterocycles. The molecular weight excluding hydrogens is 374 g/mol. The number of benzene rings is 2. The molecule has 0 radical (unpaired) electrons. The zero-order chi connectivity index (χ0) is 19.5. The Morgan fingerprint density at radius 1 is 1.04 bits per heavy atom. The molecular formula is C22H15NO4S. The van der Waals surface area contributed by atoms with E-state index < -0.39 is 5.97 Å². The molecule has 5 nitrogen and oxygen atoms in total. The van der Waals surface area contributed by atoms with Crippen LogP contribution in [0.3, 0.4) is 0 Å². The van der Waals surface area contributed by atoms with Crippen molar-refractivity contribution in [1.29, 1.82) is 0 Å². The van der Waals surface area contributed by atoms with Crippen LogP contribution in [0.2, 0.25) is 0 Å². The molecule has 0 unspecified atom stereocenters. The summed E-state index contributed by atoms with van der Waals surface area (Å²) in [7, 11) is 0. The number of carboxylic acid groups (broad SMARTS) is 1. The molecule has 28 heavy (non-hydrogen) atoms. The summed E-state index contributed by atoms with van der Waals surface area (Å²) in [6.45, 7) is 0. The SMILES string of the molecule is O=C(Cc1scc(/C=C/c2ccccc2)c1C(=O)O)c1nc2ccccc2o1. The average molecular weight is 389 g/mol. The third-order valence-electron chi connectivity index (χ3n) is 4.22. The fourth-order valence-electron chi connectivity index (χ4n) is 2.87. The predicted molar refractivity (Wildman–Crippen MR) is 109 cm³/mol. The molecule has 2 aromatic carbocycles. The molecule has 2 heterocycles. The molecule has 4 rings (SSSR count). The van der Waals surface area contributed by atoms with Gasteiger partial charge in [0, 0.05) is 4.88 Å². The Labute approximate surface area is 164 Å². The van der Waals surface area contributed by atoms with E-state index in [2.05, 4.69) is 4.98 Å². The number of nitrogens with zero attached hydrogens (tertiary/aromatic N) is 1. The van der Waals surface area contributed by atoms with Crippen LogP contribution in [0.1, 0.15) is 37.0 Å². The van der Waals surface area contributed by atoms with Gasteiger partial charge in [0.15, 0.2) is 5.58 Å². The first-order valence-corrected chi connectivity index (χ1v) is 9.45. The summed E-state index contributed by atoms with van der Waals surface area (Å²) in [5.74, 6) is -1.42. The molecule has 2 aromatic heterocycles. The zero-order valence-electron chi connectivity index (χ0n) is 14.7. The maximum absolute atomic E-state index is 12.6. The molecule has 0 fully saturated rings. The lowest BCUT2D eigenvalue weighted by molar-refractivity contribution is 0.0696. The van der Waals surface area contributed by atoms with Crippen molar-refractivity contribution in [3.8, 4) is 0 Å². The van der Waals surface area contributed by atoms with Gasteiger partial charge in [0.25, 0.3) is 5.89 Å². The van der Waals surface area contributed by atoms with E-state index in [-0.39, 0.29) is 23.7 Å². The minimum atomic E-state index is -1.06. The number of oxazole rings is 1. The van der Waals surface area contributed by atoms with E-state index in [1.54, 1.807) is 29.7 Å². The molecule has 6 heteroatoms. The number of ketones is 1. The number of hydrogen-bond donors (Lipinski definition) is 1. The van der Waals surface area contributed by atoms with E-state index in [0.29, 0.717) is 21.5 Å². The summed E-state index contributed by atoms with van der Waals surface area (Å²) in [6, 6.07) is 16.7. The molecule has 0 aliphatic rings. The van der Waals surface area contributed by atoms with E-state index in [9.17, 15) is 14.7 Å². The monoisotopic (exact) mass is 389 g/mol. The lowest BCUT2D eigenvalue weighted by atomic mass is 10.1. The largest absolute Gasteiger partial charge is 0.478 e. The minimum Gasteiger partial charge on any atom is -0.478 e. The van der Waals surface area contributed by atoms with Crippen LogP contribution in [0.15, 0.2) is 64.4 Å². The summed E-state index contributed by atoms with van der Waals surface area (Å²) in [5.41, 5.74) is 2.81. The molecule has 0 atom stereocenters. The third-order valence-corrected chi connectivity index (χ3v) is 5.22. The summed E-state index contributed by atoms with van der Waals surface area (Å²) in [5, 5.41) is 11.4. The number of carboxylic acids is 1. The first kappa shape index (κ1) is 17.9. The normalized spacial score (nSPS) is 11.3. The third kappa shape index (κ3) is 3.63. The Bertz CT molecular complexity index is 1150. The highest BCUT2D eigenvalue weighted by Crippen LogP contribution is 2.27. The first-order chi connectivity index (χ1) is 13.6. The Morgan fingerprint density at radius 3 is 2.54 bits per heavy atom. The summed E-state index contributed by atoms with van der Waals surface area (Å²) in [4.78, 5) is 29.1. The van der Waals surface area contributed by atoms with Gasteiger partial charge in [0.05, 0.1) is 12.0 Å². The van der Waals surface area contributed by atoms with Crippen LogP contribution in [-0.4, -0.2) is 21.8 Å². The molecule has 4 aromatic rings. The molecule has 1 N–H and O–H groups in total. The van der Waals surface area contributed by atoms with Gasteiger partial charge < -0.3 is 9.52 Å². The number of carbonyl (C=O) groups excluding carboxylic acids is 1. The van der Waals surface area contributed by atoms with Crippen LogP contribution in [0, 0.1) is 0 Å². The molecule has 0 amide bonds. The number of fused-ring (bicyclic) bond motifs is 1. The topological polar surface area (TPSA) is 80.4 Å². The summed E-state index contributed by atoms with van der Waals surface area (Å²) in [6.07, 6.45) is 3.53. The quantitative estimate of drug-likeness (QED) is 0.459. The minimum absolute atomic E-state index is 0.00711. The standard InChI is InChI=1S/C22H15NO4S/c24-17(21-23-16-8-4-5-9-18(16)27-21)12-19-20(22(25)26)15(13-28-19)11-10-14-6-2-1-3-7-14/h1-11,13H,12H2,(H,25,26)/b11-10+. The second-order valence-corrected chi connectivity index (χ2v) is 7.09. The van der Waals surface area contributed by atoms with Gasteiger partial charge in [0.2, 0.25) is 5.78 Å². The molecule has 0 saturated carbocycles. The number of Topliss-reactive ketones (excluding diaryl/α,β-unsaturated/α-hetero) is 1. The maximum Gasteiger partial charge on any atom is 0.337 e. The fraction of sp³-hybridized carbons (Fsp3) is 0.0455. The Hall–Kier alpha value is -3.51. The van der Waals surface area contributed by atoms with Crippen molar-refractivity contribution in [2.24, 2.45) is 0 Å². The second kappa shape index (κ2) is 7.62. The number of carbonyl (C=O) groups is 2. The molecule has 0 spiro atoms. The van der Waals surface area contributed by atoms with Gasteiger partial charge >= 0.3 is 5.97 Å². The molecule has 0 bridgehead atoms. The van der Waals surface area contributed by atoms with Crippen LogP contribution in [0.25, 0.3) is 23.3 Å². The van der Waals surface area contributed by atoms with Crippen molar-refractivity contribution in [2.75, 3.05) is 0 Å². The highest BCUT2D eigenvalue weighted by atomic mass is 32.1. The Balaban J connectivity index is 1.61. The van der Waals surface area contributed by atoms with E-state index in [1.165, 1.54) is 11.3 Å². The van der Waals surface area contributed by atoms with E-state index in [1.807, 2.05) is 42.5 Å². The highest BCUT2D eigenvalue weighted by Gasteiger charge is 2.22. The molecule has 0 saturated heterocycles. The van der Waals surface area contributed by atoms with Gasteiger partial charge in [-0.1, -0.05) is 54.6 Å². The van der Waals surface area contributed by atoms with Gasteiger partial charge in [0.1, 0.15) is 5.52 Å². The Morgan fingerprint density at radius 2 is 1.79 bits per heavy atom. The number of thiophene rings is 1. The van der Waals surface area contributed by atoms with Gasteiger partial charge in [-0.15, -0.1) is 11.3 Å². The van der Waals surface area contributed by atoms with Gasteiger partial charge in [-0.3, -0.25) is 4.79 Å². The number of rotatable bonds is 6. The lowest BCUT2D eigenvalue weighted by Crippen LogP contribution is -2.07. The number of hydrogen-bond acceptors (Lipinski definition) is 5. The van der Waals surface area contributed by atoms with Gasteiger partial charge in [-0.25, -0.2) is 9.78 Å². The van der Waals surface area contributed by atoms with Gasteiger partial charge in [-0.2, -0.15) is 0 Å². The predicted octanol–water partition coefficient (Wildman–Crippen LogP) is 5.18. The number of aromatic carboxylic acids is 1. The van der Waals surface area contributed by atoms with E-state index in [4.69, 9.17) is 4.42 Å². The number of para-hydroxylation sites is 2. The number of aromatic nitrogens is 1. The van der Waals surface area contributed by atoms with Crippen molar-refractivity contribution >= 4 is 46.3 Å². The molecule has 138 valence electrons. The zero-order valence-corrected chi connectivity index (χ0v) is 15.5. The van der Waals surface area contributed by atoms with Gasteiger partial charge in [-0.05, 0) is 28.6 Å². The van der Waals surface area contributed by atoms with Crippen LogP contribution in [0.5, 0.6) is 0 Å². The van der Waals surface area contributed by atoms with Crippen molar-refractivity contribution in [3.05, 3.63) is 87.4 Å². The average Bonchev–Trinajstić information content (AvgIpc) is 3.31. The fourth-order valence-corrected chi connectivity index (χ4v) is 3.88. The van der Waals surface area contributed by atoms with Crippen LogP contribution < -0.4 is 0 Å². The van der Waals surface area contributed by atoms with Crippen molar-refractivity contribution < 1.29 is 19.1 Å². The Kier molecular flexibility index (Phi) is 4.87. The second-order valence-electron chi connectivity index (χ2n) is 6.13. The smallest absolute Gasteiger partial charge is 0.337 e. The van der Waals surface area contributed by atoms with Crippen molar-refractivity contribution in [1.82, 2.24) is 4.98 Å². The highest BCUT2D eigenvalue weighted by molar-refractivity contribution is 7.10. The van der Waals surface area contributed by atoms with Crippen LogP contribution >= 0.6 is 11.3 Å². The van der Waals surface area contributed by atoms with E-state index in [0.717, 1.165) is 5.56 Å². The summed E-state index contributed by atoms with van der Waals surface area (Å²) < 4.78 is 5.50. The van der Waals surface area contributed by atoms with Crippen molar-refractivity contribution in [3.63, 3.8) is 0 Å². The first-order valence-electron chi connectivity index (χ1n) is 8.57. The van der Waals surface area contributed by atoms with Crippen LogP contribution in [0.4, 0.5) is 0 Å². The van der Waals surface area contributed by atoms with E-state index >= 15 is 0 Å². The summed E-state index contributed by atoms with van der Waals surface area (Å²) >= 11 is 1.25. The molecule has 0 aliphatic carbocycles.